The Morgan fingerprint density at radius 3 is 2.36 bits per heavy atom. The normalized spacial score (nSPS) is 19.4. The molecule has 0 aromatic heterocycles. The second kappa shape index (κ2) is 11.7. The number of likely N-dealkylation sites (tertiary alicyclic amines) is 1. The van der Waals surface area contributed by atoms with Gasteiger partial charge < -0.3 is 14.5 Å². The number of ether oxygens (including phenoxy) is 1. The molecule has 0 aliphatic carbocycles. The standard InChI is InChI=1S/C22H34Cl2N4O4S/c1-17-14-18(23)15-20(24)22(17)33(30,31)26(3)12-13-32-16-21(29)28-10-8-27(9-11-28)19-4-6-25(2)7-5-19/h14-15,19H,4-13,16H2,1-3H3. The fourth-order valence-electron chi connectivity index (χ4n) is 4.43. The van der Waals surface area contributed by atoms with Crippen LogP contribution in [0, 0.1) is 6.92 Å². The van der Waals surface area contributed by atoms with Gasteiger partial charge in [-0.2, -0.15) is 4.31 Å². The maximum absolute atomic E-state index is 12.9. The number of halogens is 2. The molecule has 1 aromatic rings. The molecule has 2 heterocycles. The Bertz CT molecular complexity index is 907. The van der Waals surface area contributed by atoms with Gasteiger partial charge in [-0.05, 0) is 57.6 Å². The van der Waals surface area contributed by atoms with Gasteiger partial charge in [-0.1, -0.05) is 23.2 Å². The molecule has 3 rings (SSSR count). The quantitative estimate of drug-likeness (QED) is 0.489. The van der Waals surface area contributed by atoms with Crippen LogP contribution in [-0.4, -0.2) is 112 Å². The lowest BCUT2D eigenvalue weighted by atomic mass is 10.0. The van der Waals surface area contributed by atoms with Gasteiger partial charge in [-0.3, -0.25) is 9.69 Å². The molecule has 0 unspecified atom stereocenters. The van der Waals surface area contributed by atoms with Gasteiger partial charge in [-0.15, -0.1) is 0 Å². The summed E-state index contributed by atoms with van der Waals surface area (Å²) in [5, 5.41) is 0.468. The summed E-state index contributed by atoms with van der Waals surface area (Å²) in [6.07, 6.45) is 2.37. The van der Waals surface area contributed by atoms with Crippen molar-refractivity contribution in [3.05, 3.63) is 27.7 Å². The number of piperidine rings is 1. The summed E-state index contributed by atoms with van der Waals surface area (Å²) >= 11 is 12.1. The highest BCUT2D eigenvalue weighted by atomic mass is 35.5. The minimum Gasteiger partial charge on any atom is -0.370 e. The van der Waals surface area contributed by atoms with Crippen molar-refractivity contribution in [1.82, 2.24) is 19.0 Å². The van der Waals surface area contributed by atoms with Crippen molar-refractivity contribution in [3.8, 4) is 0 Å². The van der Waals surface area contributed by atoms with Crippen LogP contribution >= 0.6 is 23.2 Å². The Balaban J connectivity index is 1.40. The topological polar surface area (TPSA) is 73.4 Å². The first kappa shape index (κ1) is 26.7. The van der Waals surface area contributed by atoms with E-state index >= 15 is 0 Å². The Morgan fingerprint density at radius 2 is 1.76 bits per heavy atom. The minimum absolute atomic E-state index is 0.0367. The molecular formula is C22H34Cl2N4O4S. The third-order valence-corrected chi connectivity index (χ3v) is 9.20. The molecule has 0 N–H and O–H groups in total. The van der Waals surface area contributed by atoms with E-state index in [1.54, 1.807) is 13.0 Å². The molecule has 1 aromatic carbocycles. The van der Waals surface area contributed by atoms with Gasteiger partial charge in [0.15, 0.2) is 0 Å². The molecule has 8 nitrogen and oxygen atoms in total. The van der Waals surface area contributed by atoms with Gasteiger partial charge >= 0.3 is 0 Å². The van der Waals surface area contributed by atoms with E-state index in [1.807, 2.05) is 4.90 Å². The van der Waals surface area contributed by atoms with E-state index in [0.29, 0.717) is 29.7 Å². The van der Waals surface area contributed by atoms with Crippen LogP contribution in [0.5, 0.6) is 0 Å². The zero-order chi connectivity index (χ0) is 24.2. The molecule has 2 saturated heterocycles. The van der Waals surface area contributed by atoms with Crippen molar-refractivity contribution < 1.29 is 17.9 Å². The molecule has 0 saturated carbocycles. The fourth-order valence-corrected chi connectivity index (χ4v) is 6.72. The van der Waals surface area contributed by atoms with Crippen LogP contribution in [-0.2, 0) is 19.6 Å². The monoisotopic (exact) mass is 520 g/mol. The van der Waals surface area contributed by atoms with Gasteiger partial charge in [0.25, 0.3) is 0 Å². The molecule has 0 atom stereocenters. The Morgan fingerprint density at radius 1 is 1.12 bits per heavy atom. The van der Waals surface area contributed by atoms with Crippen LogP contribution < -0.4 is 0 Å². The summed E-state index contributed by atoms with van der Waals surface area (Å²) in [6, 6.07) is 3.60. The van der Waals surface area contributed by atoms with Crippen LogP contribution in [0.1, 0.15) is 18.4 Å². The molecule has 1 amide bonds. The van der Waals surface area contributed by atoms with Crippen LogP contribution in [0.25, 0.3) is 0 Å². The number of sulfonamides is 1. The number of likely N-dealkylation sites (N-methyl/N-ethyl adjacent to an activating group) is 1. The van der Waals surface area contributed by atoms with Crippen molar-refractivity contribution >= 4 is 39.1 Å². The number of carbonyl (C=O) groups is 1. The molecule has 2 aliphatic heterocycles. The predicted octanol–water partition coefficient (Wildman–Crippen LogP) is 2.18. The zero-order valence-corrected chi connectivity index (χ0v) is 21.9. The second-order valence-electron chi connectivity index (χ2n) is 8.86. The molecule has 0 radical (unpaired) electrons. The Kier molecular flexibility index (Phi) is 9.42. The fraction of sp³-hybridized carbons (Fsp3) is 0.682. The van der Waals surface area contributed by atoms with Gasteiger partial charge in [0.1, 0.15) is 11.5 Å². The SMILES string of the molecule is Cc1cc(Cl)cc(Cl)c1S(=O)(=O)N(C)CCOCC(=O)N1CCN(C2CCN(C)CC2)CC1. The number of aryl methyl sites for hydroxylation is 1. The van der Waals surface area contributed by atoms with Crippen molar-refractivity contribution in [1.29, 1.82) is 0 Å². The first-order chi connectivity index (χ1) is 15.6. The van der Waals surface area contributed by atoms with Crippen molar-refractivity contribution in [3.63, 3.8) is 0 Å². The number of amides is 1. The summed E-state index contributed by atoms with van der Waals surface area (Å²) in [6.45, 7) is 7.28. The number of piperazine rings is 1. The van der Waals surface area contributed by atoms with Crippen LogP contribution in [0.4, 0.5) is 0 Å². The van der Waals surface area contributed by atoms with Crippen molar-refractivity contribution in [2.75, 3.05) is 73.1 Å². The molecule has 2 fully saturated rings. The van der Waals surface area contributed by atoms with Crippen LogP contribution in [0.3, 0.4) is 0 Å². The highest BCUT2D eigenvalue weighted by molar-refractivity contribution is 7.89. The third-order valence-electron chi connectivity index (χ3n) is 6.51. The number of hydrogen-bond donors (Lipinski definition) is 0. The van der Waals surface area contributed by atoms with Crippen molar-refractivity contribution in [2.45, 2.75) is 30.7 Å². The lowest BCUT2D eigenvalue weighted by molar-refractivity contribution is -0.138. The first-order valence-corrected chi connectivity index (χ1v) is 13.5. The van der Waals surface area contributed by atoms with E-state index < -0.39 is 10.0 Å². The van der Waals surface area contributed by atoms with Gasteiger partial charge in [0.05, 0.1) is 11.6 Å². The largest absolute Gasteiger partial charge is 0.370 e. The average Bonchev–Trinajstić information content (AvgIpc) is 2.76. The highest BCUT2D eigenvalue weighted by Gasteiger charge is 2.29. The summed E-state index contributed by atoms with van der Waals surface area (Å²) in [4.78, 5) is 19.3. The molecule has 11 heteroatoms. The van der Waals surface area contributed by atoms with E-state index in [1.165, 1.54) is 30.3 Å². The molecule has 186 valence electrons. The maximum atomic E-state index is 12.9. The lowest BCUT2D eigenvalue weighted by Crippen LogP contribution is -2.54. The van der Waals surface area contributed by atoms with Crippen molar-refractivity contribution in [2.24, 2.45) is 0 Å². The molecule has 33 heavy (non-hydrogen) atoms. The van der Waals surface area contributed by atoms with Crippen LogP contribution in [0.2, 0.25) is 10.0 Å². The van der Waals surface area contributed by atoms with Crippen LogP contribution in [0.15, 0.2) is 17.0 Å². The zero-order valence-electron chi connectivity index (χ0n) is 19.6. The summed E-state index contributed by atoms with van der Waals surface area (Å²) in [5.74, 6) is -0.0554. The molecule has 2 aliphatic rings. The van der Waals surface area contributed by atoms with Gasteiger partial charge in [0.2, 0.25) is 15.9 Å². The van der Waals surface area contributed by atoms with E-state index in [0.717, 1.165) is 26.2 Å². The first-order valence-electron chi connectivity index (χ1n) is 11.3. The second-order valence-corrected chi connectivity index (χ2v) is 11.7. The van der Waals surface area contributed by atoms with Gasteiger partial charge in [-0.25, -0.2) is 8.42 Å². The summed E-state index contributed by atoms with van der Waals surface area (Å²) < 4.78 is 32.5. The molecular weight excluding hydrogens is 487 g/mol. The van der Waals surface area contributed by atoms with Gasteiger partial charge in [0, 0.05) is 50.8 Å². The summed E-state index contributed by atoms with van der Waals surface area (Å²) in [7, 11) is -0.174. The average molecular weight is 522 g/mol. The lowest BCUT2D eigenvalue weighted by Gasteiger charge is -2.42. The number of rotatable bonds is 8. The number of hydrogen-bond acceptors (Lipinski definition) is 6. The minimum atomic E-state index is -3.80. The van der Waals surface area contributed by atoms with E-state index in [2.05, 4.69) is 16.8 Å². The summed E-state index contributed by atoms with van der Waals surface area (Å²) in [5.41, 5.74) is 0.481. The molecule has 0 bridgehead atoms. The number of carbonyl (C=O) groups excluding carboxylic acids is 1. The third kappa shape index (κ3) is 6.81. The molecule has 0 spiro atoms. The number of nitrogens with zero attached hydrogens (tertiary/aromatic N) is 4. The Hall–Kier alpha value is -0.940. The van der Waals surface area contributed by atoms with E-state index in [-0.39, 0.29) is 35.6 Å². The highest BCUT2D eigenvalue weighted by Crippen LogP contribution is 2.30. The van der Waals surface area contributed by atoms with E-state index in [9.17, 15) is 13.2 Å². The number of benzene rings is 1. The smallest absolute Gasteiger partial charge is 0.248 e. The maximum Gasteiger partial charge on any atom is 0.248 e. The Labute approximate surface area is 207 Å². The van der Waals surface area contributed by atoms with E-state index in [4.69, 9.17) is 27.9 Å². The predicted molar refractivity (Wildman–Crippen MR) is 131 cm³/mol.